The Morgan fingerprint density at radius 3 is 2.56 bits per heavy atom. The summed E-state index contributed by atoms with van der Waals surface area (Å²) in [6.45, 7) is 10.3. The molecule has 0 atom stereocenters. The Balaban J connectivity index is 2.92. The normalized spacial score (nSPS) is 11.7. The number of aliphatic hydroxyl groups is 1. The van der Waals surface area contributed by atoms with Gasteiger partial charge in [-0.25, -0.2) is 0 Å². The van der Waals surface area contributed by atoms with Crippen LogP contribution in [0.15, 0.2) is 18.2 Å². The molecule has 0 fully saturated rings. The van der Waals surface area contributed by atoms with E-state index < -0.39 is 5.60 Å². The number of nitrogens with zero attached hydrogens (tertiary/aromatic N) is 1. The zero-order valence-electron chi connectivity index (χ0n) is 12.2. The largest absolute Gasteiger partial charge is 0.389 e. The van der Waals surface area contributed by atoms with Gasteiger partial charge in [-0.05, 0) is 38.9 Å². The minimum Gasteiger partial charge on any atom is -0.389 e. The molecule has 18 heavy (non-hydrogen) atoms. The molecule has 0 heterocycles. The van der Waals surface area contributed by atoms with Gasteiger partial charge in [0.15, 0.2) is 0 Å². The summed E-state index contributed by atoms with van der Waals surface area (Å²) in [6.07, 6.45) is 0. The second-order valence-corrected chi connectivity index (χ2v) is 5.58. The molecule has 0 radical (unpaired) electrons. The average molecular weight is 250 g/mol. The quantitative estimate of drug-likeness (QED) is 0.813. The summed E-state index contributed by atoms with van der Waals surface area (Å²) >= 11 is 0. The van der Waals surface area contributed by atoms with Crippen molar-refractivity contribution in [2.24, 2.45) is 0 Å². The van der Waals surface area contributed by atoms with Crippen molar-refractivity contribution in [3.63, 3.8) is 0 Å². The van der Waals surface area contributed by atoms with E-state index in [9.17, 15) is 5.11 Å². The molecule has 3 nitrogen and oxygen atoms in total. The molecular formula is C15H26N2O. The zero-order valence-corrected chi connectivity index (χ0v) is 12.2. The number of hydrogen-bond acceptors (Lipinski definition) is 3. The lowest BCUT2D eigenvalue weighted by Gasteiger charge is -2.29. The Kier molecular flexibility index (Phi) is 5.17. The summed E-state index contributed by atoms with van der Waals surface area (Å²) in [6, 6.07) is 6.46. The number of aryl methyl sites for hydroxylation is 1. The van der Waals surface area contributed by atoms with Gasteiger partial charge in [-0.3, -0.25) is 0 Å². The molecule has 1 aromatic rings. The summed E-state index contributed by atoms with van der Waals surface area (Å²) in [5, 5.41) is 13.3. The van der Waals surface area contributed by atoms with Gasteiger partial charge in [0.2, 0.25) is 0 Å². The second kappa shape index (κ2) is 6.21. The molecule has 0 bridgehead atoms. The van der Waals surface area contributed by atoms with Crippen LogP contribution in [0.3, 0.4) is 0 Å². The summed E-state index contributed by atoms with van der Waals surface area (Å²) in [5.41, 5.74) is 3.05. The highest BCUT2D eigenvalue weighted by Gasteiger charge is 2.17. The van der Waals surface area contributed by atoms with E-state index in [0.29, 0.717) is 6.54 Å². The number of benzene rings is 1. The first-order valence-electron chi connectivity index (χ1n) is 6.57. The molecule has 0 unspecified atom stereocenters. The molecule has 0 spiro atoms. The molecule has 0 saturated heterocycles. The molecule has 0 aromatic heterocycles. The number of likely N-dealkylation sites (N-methyl/N-ethyl adjacent to an activating group) is 1. The van der Waals surface area contributed by atoms with Crippen molar-refractivity contribution in [3.8, 4) is 0 Å². The number of hydrogen-bond donors (Lipinski definition) is 2. The van der Waals surface area contributed by atoms with Crippen LogP contribution in [-0.4, -0.2) is 30.8 Å². The van der Waals surface area contributed by atoms with Gasteiger partial charge in [0.25, 0.3) is 0 Å². The van der Waals surface area contributed by atoms with Crippen molar-refractivity contribution in [2.75, 3.05) is 25.0 Å². The summed E-state index contributed by atoms with van der Waals surface area (Å²) in [4.78, 5) is 2.12. The standard InChI is InChI=1S/C15H26N2O/c1-6-16-10-13-9-12(2)7-8-14(13)17(5)11-15(3,4)18/h7-9,16,18H,6,10-11H2,1-5H3. The van der Waals surface area contributed by atoms with Gasteiger partial charge in [0, 0.05) is 25.8 Å². The van der Waals surface area contributed by atoms with Gasteiger partial charge in [-0.2, -0.15) is 0 Å². The Bertz CT molecular complexity index is 383. The molecule has 0 saturated carbocycles. The van der Waals surface area contributed by atoms with Crippen LogP contribution in [0.25, 0.3) is 0 Å². The maximum absolute atomic E-state index is 9.91. The summed E-state index contributed by atoms with van der Waals surface area (Å²) < 4.78 is 0. The first-order valence-corrected chi connectivity index (χ1v) is 6.57. The summed E-state index contributed by atoms with van der Waals surface area (Å²) in [5.74, 6) is 0. The number of nitrogens with one attached hydrogen (secondary N) is 1. The Hall–Kier alpha value is -1.06. The molecule has 0 aliphatic rings. The predicted molar refractivity (Wildman–Crippen MR) is 78.1 cm³/mol. The second-order valence-electron chi connectivity index (χ2n) is 5.58. The highest BCUT2D eigenvalue weighted by molar-refractivity contribution is 5.54. The first kappa shape index (κ1) is 15.0. The van der Waals surface area contributed by atoms with E-state index in [2.05, 4.69) is 42.3 Å². The topological polar surface area (TPSA) is 35.5 Å². The van der Waals surface area contributed by atoms with Crippen LogP contribution in [0.1, 0.15) is 31.9 Å². The van der Waals surface area contributed by atoms with Crippen molar-refractivity contribution >= 4 is 5.69 Å². The summed E-state index contributed by atoms with van der Waals surface area (Å²) in [7, 11) is 2.03. The lowest BCUT2D eigenvalue weighted by atomic mass is 10.1. The van der Waals surface area contributed by atoms with E-state index >= 15 is 0 Å². The minimum absolute atomic E-state index is 0.620. The van der Waals surface area contributed by atoms with Crippen LogP contribution in [-0.2, 0) is 6.54 Å². The van der Waals surface area contributed by atoms with Crippen LogP contribution in [0.5, 0.6) is 0 Å². The van der Waals surface area contributed by atoms with Gasteiger partial charge >= 0.3 is 0 Å². The van der Waals surface area contributed by atoms with Crippen LogP contribution < -0.4 is 10.2 Å². The van der Waals surface area contributed by atoms with Crippen LogP contribution in [0.4, 0.5) is 5.69 Å². The fourth-order valence-electron chi connectivity index (χ4n) is 2.15. The van der Waals surface area contributed by atoms with E-state index in [1.165, 1.54) is 16.8 Å². The SMILES string of the molecule is CCNCc1cc(C)ccc1N(C)CC(C)(C)O. The Labute approximate surface area is 111 Å². The molecule has 0 aliphatic heterocycles. The fourth-order valence-corrected chi connectivity index (χ4v) is 2.15. The van der Waals surface area contributed by atoms with E-state index in [0.717, 1.165) is 13.1 Å². The number of rotatable bonds is 6. The fraction of sp³-hybridized carbons (Fsp3) is 0.600. The van der Waals surface area contributed by atoms with Gasteiger partial charge in [0.1, 0.15) is 0 Å². The molecule has 0 aliphatic carbocycles. The Morgan fingerprint density at radius 2 is 2.00 bits per heavy atom. The van der Waals surface area contributed by atoms with Crippen molar-refractivity contribution in [2.45, 2.75) is 39.8 Å². The predicted octanol–water partition coefficient (Wildman–Crippen LogP) is 2.31. The van der Waals surface area contributed by atoms with Crippen molar-refractivity contribution in [1.82, 2.24) is 5.32 Å². The highest BCUT2D eigenvalue weighted by atomic mass is 16.3. The van der Waals surface area contributed by atoms with E-state index in [1.54, 1.807) is 0 Å². The lowest BCUT2D eigenvalue weighted by Crippen LogP contribution is -2.36. The van der Waals surface area contributed by atoms with Gasteiger partial charge < -0.3 is 15.3 Å². The van der Waals surface area contributed by atoms with Crippen molar-refractivity contribution in [3.05, 3.63) is 29.3 Å². The van der Waals surface area contributed by atoms with E-state index in [1.807, 2.05) is 20.9 Å². The van der Waals surface area contributed by atoms with E-state index in [4.69, 9.17) is 0 Å². The maximum Gasteiger partial charge on any atom is 0.0765 e. The van der Waals surface area contributed by atoms with Crippen molar-refractivity contribution in [1.29, 1.82) is 0 Å². The van der Waals surface area contributed by atoms with E-state index in [-0.39, 0.29) is 0 Å². The highest BCUT2D eigenvalue weighted by Crippen LogP contribution is 2.22. The smallest absolute Gasteiger partial charge is 0.0765 e. The van der Waals surface area contributed by atoms with Gasteiger partial charge in [0.05, 0.1) is 5.60 Å². The molecular weight excluding hydrogens is 224 g/mol. The van der Waals surface area contributed by atoms with Gasteiger partial charge in [-0.15, -0.1) is 0 Å². The third-order valence-electron chi connectivity index (χ3n) is 2.84. The molecule has 0 amide bonds. The maximum atomic E-state index is 9.91. The minimum atomic E-state index is -0.685. The number of anilines is 1. The van der Waals surface area contributed by atoms with Crippen molar-refractivity contribution < 1.29 is 5.11 Å². The third-order valence-corrected chi connectivity index (χ3v) is 2.84. The average Bonchev–Trinajstić information content (AvgIpc) is 2.23. The molecule has 102 valence electrons. The molecule has 1 rings (SSSR count). The Morgan fingerprint density at radius 1 is 1.33 bits per heavy atom. The van der Waals surface area contributed by atoms with Crippen LogP contribution in [0.2, 0.25) is 0 Å². The third kappa shape index (κ3) is 4.67. The van der Waals surface area contributed by atoms with Crippen LogP contribution >= 0.6 is 0 Å². The zero-order chi connectivity index (χ0) is 13.8. The monoisotopic (exact) mass is 250 g/mol. The first-order chi connectivity index (χ1) is 8.33. The molecule has 3 heteroatoms. The molecule has 2 N–H and O–H groups in total. The van der Waals surface area contributed by atoms with Gasteiger partial charge in [-0.1, -0.05) is 24.6 Å². The lowest BCUT2D eigenvalue weighted by molar-refractivity contribution is 0.0886. The van der Waals surface area contributed by atoms with Crippen LogP contribution in [0, 0.1) is 6.92 Å². The molecule has 1 aromatic carbocycles.